The van der Waals surface area contributed by atoms with Crippen molar-refractivity contribution < 1.29 is 4.84 Å². The van der Waals surface area contributed by atoms with Crippen molar-refractivity contribution in [3.8, 4) is 0 Å². The Bertz CT molecular complexity index is 283. The van der Waals surface area contributed by atoms with Gasteiger partial charge in [-0.3, -0.25) is 0 Å². The minimum Gasteiger partial charge on any atom is -0.304 e. The summed E-state index contributed by atoms with van der Waals surface area (Å²) < 4.78 is 0. The molecule has 1 rings (SSSR count). The summed E-state index contributed by atoms with van der Waals surface area (Å²) in [5, 5.41) is 0. The van der Waals surface area contributed by atoms with Gasteiger partial charge in [0.25, 0.3) is 0 Å². The van der Waals surface area contributed by atoms with Crippen molar-refractivity contribution in [1.82, 2.24) is 0 Å². The first kappa shape index (κ1) is 11.2. The van der Waals surface area contributed by atoms with Crippen molar-refractivity contribution in [2.24, 2.45) is 5.90 Å². The van der Waals surface area contributed by atoms with Gasteiger partial charge in [-0.15, -0.1) is 0 Å². The Labute approximate surface area is 86.0 Å². The predicted octanol–water partition coefficient (Wildman–Crippen LogP) is 2.80. The molecular formula is C12H19NO. The van der Waals surface area contributed by atoms with Crippen molar-refractivity contribution in [3.63, 3.8) is 0 Å². The molecule has 0 radical (unpaired) electrons. The standard InChI is InChI=1S/C12H19NO/c1-9(2)11-6-4-5-7-12(11)10(3)8-14-13/h4-7,9-10H,8,13H2,1-3H3. The Balaban J connectivity index is 2.94. The van der Waals surface area contributed by atoms with Crippen LogP contribution in [0.1, 0.15) is 43.7 Å². The molecule has 2 N–H and O–H groups in total. The van der Waals surface area contributed by atoms with E-state index in [2.05, 4.69) is 45.0 Å². The highest BCUT2D eigenvalue weighted by Crippen LogP contribution is 2.25. The number of nitrogens with two attached hydrogens (primary N) is 1. The van der Waals surface area contributed by atoms with Crippen LogP contribution in [0.15, 0.2) is 24.3 Å². The van der Waals surface area contributed by atoms with Gasteiger partial charge in [0.05, 0.1) is 6.61 Å². The Morgan fingerprint density at radius 2 is 1.71 bits per heavy atom. The normalized spacial score (nSPS) is 13.2. The first-order chi connectivity index (χ1) is 6.66. The summed E-state index contributed by atoms with van der Waals surface area (Å²) in [4.78, 5) is 4.69. The summed E-state index contributed by atoms with van der Waals surface area (Å²) in [5.74, 6) is 6.00. The number of hydrogen-bond acceptors (Lipinski definition) is 2. The molecule has 0 heterocycles. The highest BCUT2D eigenvalue weighted by molar-refractivity contribution is 5.32. The lowest BCUT2D eigenvalue weighted by Gasteiger charge is -2.17. The van der Waals surface area contributed by atoms with Crippen LogP contribution >= 0.6 is 0 Å². The van der Waals surface area contributed by atoms with Gasteiger partial charge in [0, 0.05) is 5.92 Å². The van der Waals surface area contributed by atoms with E-state index in [1.165, 1.54) is 11.1 Å². The van der Waals surface area contributed by atoms with Crippen molar-refractivity contribution in [2.45, 2.75) is 32.6 Å². The summed E-state index contributed by atoms with van der Waals surface area (Å²) in [6.07, 6.45) is 0. The van der Waals surface area contributed by atoms with Crippen molar-refractivity contribution in [1.29, 1.82) is 0 Å². The molecule has 78 valence electrons. The van der Waals surface area contributed by atoms with Gasteiger partial charge in [-0.05, 0) is 17.0 Å². The van der Waals surface area contributed by atoms with Crippen LogP contribution in [0.5, 0.6) is 0 Å². The molecular weight excluding hydrogens is 174 g/mol. The lowest BCUT2D eigenvalue weighted by Crippen LogP contribution is -2.10. The Hall–Kier alpha value is -0.860. The molecule has 0 aliphatic carbocycles. The molecule has 0 aromatic heterocycles. The van der Waals surface area contributed by atoms with Crippen LogP contribution in [0, 0.1) is 0 Å². The fraction of sp³-hybridized carbons (Fsp3) is 0.500. The molecule has 1 atom stereocenters. The van der Waals surface area contributed by atoms with Crippen LogP contribution < -0.4 is 5.90 Å². The van der Waals surface area contributed by atoms with E-state index in [1.807, 2.05) is 0 Å². The predicted molar refractivity (Wildman–Crippen MR) is 59.1 cm³/mol. The zero-order valence-electron chi connectivity index (χ0n) is 9.16. The zero-order valence-corrected chi connectivity index (χ0v) is 9.16. The summed E-state index contributed by atoms with van der Waals surface area (Å²) in [6.45, 7) is 7.11. The van der Waals surface area contributed by atoms with E-state index >= 15 is 0 Å². The molecule has 0 aliphatic rings. The molecule has 0 amide bonds. The molecule has 1 unspecified atom stereocenters. The quantitative estimate of drug-likeness (QED) is 0.746. The van der Waals surface area contributed by atoms with E-state index in [4.69, 9.17) is 10.7 Å². The van der Waals surface area contributed by atoms with Gasteiger partial charge in [-0.1, -0.05) is 45.0 Å². The highest BCUT2D eigenvalue weighted by atomic mass is 16.6. The zero-order chi connectivity index (χ0) is 10.6. The smallest absolute Gasteiger partial charge is 0.0745 e. The molecule has 0 saturated carbocycles. The monoisotopic (exact) mass is 193 g/mol. The second-order valence-electron chi connectivity index (χ2n) is 4.02. The number of hydrogen-bond donors (Lipinski definition) is 1. The minimum absolute atomic E-state index is 0.360. The summed E-state index contributed by atoms with van der Waals surface area (Å²) >= 11 is 0. The third-order valence-electron chi connectivity index (χ3n) is 2.50. The first-order valence-electron chi connectivity index (χ1n) is 5.07. The average molecular weight is 193 g/mol. The second kappa shape index (κ2) is 5.13. The van der Waals surface area contributed by atoms with E-state index in [-0.39, 0.29) is 0 Å². The Kier molecular flexibility index (Phi) is 4.11. The third-order valence-corrected chi connectivity index (χ3v) is 2.50. The maximum Gasteiger partial charge on any atom is 0.0745 e. The molecule has 0 bridgehead atoms. The molecule has 14 heavy (non-hydrogen) atoms. The van der Waals surface area contributed by atoms with Gasteiger partial charge in [0.1, 0.15) is 0 Å². The summed E-state index contributed by atoms with van der Waals surface area (Å²) in [7, 11) is 0. The second-order valence-corrected chi connectivity index (χ2v) is 4.02. The fourth-order valence-electron chi connectivity index (χ4n) is 1.72. The van der Waals surface area contributed by atoms with Crippen LogP contribution in [-0.4, -0.2) is 6.61 Å². The molecule has 1 aromatic rings. The molecule has 0 spiro atoms. The third kappa shape index (κ3) is 2.56. The number of benzene rings is 1. The van der Waals surface area contributed by atoms with Crippen LogP contribution in [-0.2, 0) is 4.84 Å². The van der Waals surface area contributed by atoms with Gasteiger partial charge in [0.2, 0.25) is 0 Å². The van der Waals surface area contributed by atoms with Crippen LogP contribution in [0.25, 0.3) is 0 Å². The van der Waals surface area contributed by atoms with E-state index in [0.717, 1.165) is 0 Å². The SMILES string of the molecule is CC(C)c1ccccc1C(C)CON. The number of rotatable bonds is 4. The molecule has 1 aromatic carbocycles. The van der Waals surface area contributed by atoms with E-state index in [1.54, 1.807) is 0 Å². The molecule has 2 nitrogen and oxygen atoms in total. The Morgan fingerprint density at radius 3 is 2.21 bits per heavy atom. The van der Waals surface area contributed by atoms with Gasteiger partial charge in [0.15, 0.2) is 0 Å². The maximum absolute atomic E-state index is 5.09. The topological polar surface area (TPSA) is 35.2 Å². The largest absolute Gasteiger partial charge is 0.304 e. The molecule has 2 heteroatoms. The lowest BCUT2D eigenvalue weighted by molar-refractivity contribution is 0.126. The maximum atomic E-state index is 5.09. The summed E-state index contributed by atoms with van der Waals surface area (Å²) in [6, 6.07) is 8.47. The van der Waals surface area contributed by atoms with Crippen molar-refractivity contribution in [3.05, 3.63) is 35.4 Å². The lowest BCUT2D eigenvalue weighted by atomic mass is 9.90. The van der Waals surface area contributed by atoms with E-state index in [9.17, 15) is 0 Å². The van der Waals surface area contributed by atoms with E-state index in [0.29, 0.717) is 18.4 Å². The summed E-state index contributed by atoms with van der Waals surface area (Å²) in [5.41, 5.74) is 2.73. The van der Waals surface area contributed by atoms with Gasteiger partial charge in [-0.2, -0.15) is 0 Å². The van der Waals surface area contributed by atoms with E-state index < -0.39 is 0 Å². The molecule has 0 fully saturated rings. The minimum atomic E-state index is 0.360. The average Bonchev–Trinajstić information content (AvgIpc) is 2.18. The first-order valence-corrected chi connectivity index (χ1v) is 5.07. The highest BCUT2D eigenvalue weighted by Gasteiger charge is 2.11. The van der Waals surface area contributed by atoms with Gasteiger partial charge >= 0.3 is 0 Å². The van der Waals surface area contributed by atoms with Crippen LogP contribution in [0.2, 0.25) is 0 Å². The van der Waals surface area contributed by atoms with Gasteiger partial charge in [-0.25, -0.2) is 5.90 Å². The van der Waals surface area contributed by atoms with Crippen LogP contribution in [0.4, 0.5) is 0 Å². The fourth-order valence-corrected chi connectivity index (χ4v) is 1.72. The van der Waals surface area contributed by atoms with Gasteiger partial charge < -0.3 is 4.84 Å². The molecule has 0 saturated heterocycles. The van der Waals surface area contributed by atoms with Crippen molar-refractivity contribution >= 4 is 0 Å². The van der Waals surface area contributed by atoms with Crippen LogP contribution in [0.3, 0.4) is 0 Å². The Morgan fingerprint density at radius 1 is 1.14 bits per heavy atom. The molecule has 0 aliphatic heterocycles. The van der Waals surface area contributed by atoms with Crippen molar-refractivity contribution in [2.75, 3.05) is 6.61 Å².